The molecule has 144 valence electrons. The Kier molecular flexibility index (Phi) is 5.03. The van der Waals surface area contributed by atoms with Crippen LogP contribution in [0.2, 0.25) is 0 Å². The molecule has 1 aliphatic rings. The number of hydrogen-bond acceptors (Lipinski definition) is 2. The van der Waals surface area contributed by atoms with Crippen LogP contribution in [-0.4, -0.2) is 33.4 Å². The summed E-state index contributed by atoms with van der Waals surface area (Å²) < 4.78 is 2.34. The van der Waals surface area contributed by atoms with Crippen molar-refractivity contribution in [3.05, 3.63) is 66.0 Å². The van der Waals surface area contributed by atoms with Crippen LogP contribution in [0.3, 0.4) is 0 Å². The minimum atomic E-state index is 0.170. The Morgan fingerprint density at radius 3 is 2.32 bits per heavy atom. The second-order valence-electron chi connectivity index (χ2n) is 7.75. The van der Waals surface area contributed by atoms with Gasteiger partial charge in [0, 0.05) is 37.2 Å². The summed E-state index contributed by atoms with van der Waals surface area (Å²) in [5, 5.41) is 0. The molecule has 1 saturated heterocycles. The zero-order valence-electron chi connectivity index (χ0n) is 16.9. The highest BCUT2D eigenvalue weighted by Crippen LogP contribution is 2.36. The van der Waals surface area contributed by atoms with Crippen LogP contribution in [0.15, 0.2) is 54.9 Å². The van der Waals surface area contributed by atoms with Gasteiger partial charge in [0.1, 0.15) is 0 Å². The standard InChI is InChI=1S/C24H27N3O/c1-17-9-10-21(15-18(17)2)24-23(20-7-5-4-6-8-20)25-16-27(24)22-11-13-26(14-12-22)19(3)28/h4-10,15-16,22H,11-14H2,1-3H3. The second-order valence-corrected chi connectivity index (χ2v) is 7.75. The van der Waals surface area contributed by atoms with E-state index in [9.17, 15) is 4.79 Å². The third-order valence-electron chi connectivity index (χ3n) is 5.92. The zero-order chi connectivity index (χ0) is 19.7. The summed E-state index contributed by atoms with van der Waals surface area (Å²) >= 11 is 0. The molecule has 3 aromatic rings. The Bertz CT molecular complexity index is 982. The van der Waals surface area contributed by atoms with E-state index in [4.69, 9.17) is 4.98 Å². The maximum Gasteiger partial charge on any atom is 0.219 e. The smallest absolute Gasteiger partial charge is 0.219 e. The molecule has 4 rings (SSSR count). The quantitative estimate of drug-likeness (QED) is 0.647. The number of hydrogen-bond donors (Lipinski definition) is 0. The number of aryl methyl sites for hydroxylation is 2. The number of piperidine rings is 1. The predicted molar refractivity (Wildman–Crippen MR) is 113 cm³/mol. The first-order valence-corrected chi connectivity index (χ1v) is 10.00. The average Bonchev–Trinajstić information content (AvgIpc) is 3.16. The van der Waals surface area contributed by atoms with Crippen LogP contribution >= 0.6 is 0 Å². The van der Waals surface area contributed by atoms with Gasteiger partial charge in [-0.1, -0.05) is 42.5 Å². The van der Waals surface area contributed by atoms with Crippen LogP contribution in [-0.2, 0) is 4.79 Å². The van der Waals surface area contributed by atoms with Crippen molar-refractivity contribution >= 4 is 5.91 Å². The molecule has 2 heterocycles. The van der Waals surface area contributed by atoms with Crippen molar-refractivity contribution in [1.29, 1.82) is 0 Å². The summed E-state index contributed by atoms with van der Waals surface area (Å²) in [6, 6.07) is 17.4. The van der Waals surface area contributed by atoms with Gasteiger partial charge in [-0.2, -0.15) is 0 Å². The van der Waals surface area contributed by atoms with E-state index in [1.807, 2.05) is 17.3 Å². The minimum absolute atomic E-state index is 0.170. The number of carbonyl (C=O) groups is 1. The maximum atomic E-state index is 11.7. The fraction of sp³-hybridized carbons (Fsp3) is 0.333. The first-order valence-electron chi connectivity index (χ1n) is 10.00. The molecule has 28 heavy (non-hydrogen) atoms. The van der Waals surface area contributed by atoms with E-state index in [1.54, 1.807) is 6.92 Å². The summed E-state index contributed by atoms with van der Waals surface area (Å²) in [6.07, 6.45) is 3.91. The molecule has 0 atom stereocenters. The van der Waals surface area contributed by atoms with Gasteiger partial charge in [-0.25, -0.2) is 4.98 Å². The normalized spacial score (nSPS) is 15.0. The largest absolute Gasteiger partial charge is 0.343 e. The van der Waals surface area contributed by atoms with Crippen molar-refractivity contribution in [1.82, 2.24) is 14.5 Å². The predicted octanol–water partition coefficient (Wildman–Crippen LogP) is 5.02. The van der Waals surface area contributed by atoms with E-state index in [0.717, 1.165) is 37.2 Å². The van der Waals surface area contributed by atoms with Gasteiger partial charge in [0.05, 0.1) is 17.7 Å². The third-order valence-corrected chi connectivity index (χ3v) is 5.92. The van der Waals surface area contributed by atoms with Crippen LogP contribution in [0.1, 0.15) is 36.9 Å². The molecule has 1 aliphatic heterocycles. The molecule has 4 nitrogen and oxygen atoms in total. The van der Waals surface area contributed by atoms with Crippen LogP contribution in [0, 0.1) is 13.8 Å². The number of carbonyl (C=O) groups excluding carboxylic acids is 1. The Morgan fingerprint density at radius 1 is 0.964 bits per heavy atom. The fourth-order valence-corrected chi connectivity index (χ4v) is 4.08. The van der Waals surface area contributed by atoms with Crippen LogP contribution in [0.5, 0.6) is 0 Å². The van der Waals surface area contributed by atoms with Crippen LogP contribution in [0.25, 0.3) is 22.5 Å². The number of benzene rings is 2. The molecule has 4 heteroatoms. The van der Waals surface area contributed by atoms with Gasteiger partial charge in [0.25, 0.3) is 0 Å². The topological polar surface area (TPSA) is 38.1 Å². The molecule has 0 unspecified atom stereocenters. The van der Waals surface area contributed by atoms with E-state index < -0.39 is 0 Å². The van der Waals surface area contributed by atoms with Gasteiger partial charge in [0.15, 0.2) is 0 Å². The molecular formula is C24H27N3O. The van der Waals surface area contributed by atoms with Gasteiger partial charge in [-0.3, -0.25) is 4.79 Å². The van der Waals surface area contributed by atoms with Gasteiger partial charge in [-0.15, -0.1) is 0 Å². The lowest BCUT2D eigenvalue weighted by Crippen LogP contribution is -2.37. The Balaban J connectivity index is 1.78. The Labute approximate surface area is 166 Å². The summed E-state index contributed by atoms with van der Waals surface area (Å²) in [5.74, 6) is 0.170. The number of nitrogens with zero attached hydrogens (tertiary/aromatic N) is 3. The molecule has 0 saturated carbocycles. The van der Waals surface area contributed by atoms with E-state index in [1.165, 1.54) is 22.4 Å². The molecule has 0 bridgehead atoms. The van der Waals surface area contributed by atoms with Gasteiger partial charge in [-0.05, 0) is 43.9 Å². The van der Waals surface area contributed by atoms with E-state index in [0.29, 0.717) is 6.04 Å². The second kappa shape index (κ2) is 7.63. The highest BCUT2D eigenvalue weighted by atomic mass is 16.2. The summed E-state index contributed by atoms with van der Waals surface area (Å²) in [7, 11) is 0. The van der Waals surface area contributed by atoms with E-state index in [-0.39, 0.29) is 5.91 Å². The molecule has 0 N–H and O–H groups in total. The highest BCUT2D eigenvalue weighted by Gasteiger charge is 2.26. The minimum Gasteiger partial charge on any atom is -0.343 e. The molecule has 1 aromatic heterocycles. The van der Waals surface area contributed by atoms with Crippen molar-refractivity contribution in [3.8, 4) is 22.5 Å². The van der Waals surface area contributed by atoms with Crippen molar-refractivity contribution in [2.45, 2.75) is 39.7 Å². The summed E-state index contributed by atoms with van der Waals surface area (Å²) in [5.41, 5.74) is 7.12. The first kappa shape index (κ1) is 18.5. The molecular weight excluding hydrogens is 346 g/mol. The molecule has 1 fully saturated rings. The van der Waals surface area contributed by atoms with Crippen LogP contribution < -0.4 is 0 Å². The van der Waals surface area contributed by atoms with Crippen molar-refractivity contribution in [2.24, 2.45) is 0 Å². The monoisotopic (exact) mass is 373 g/mol. The molecule has 2 aromatic carbocycles. The molecule has 1 amide bonds. The molecule has 0 spiro atoms. The number of rotatable bonds is 3. The summed E-state index contributed by atoms with van der Waals surface area (Å²) in [6.45, 7) is 7.58. The van der Waals surface area contributed by atoms with Gasteiger partial charge < -0.3 is 9.47 Å². The lowest BCUT2D eigenvalue weighted by Gasteiger charge is -2.33. The SMILES string of the molecule is CC(=O)N1CCC(n2cnc(-c3ccccc3)c2-c2ccc(C)c(C)c2)CC1. The van der Waals surface area contributed by atoms with E-state index in [2.05, 4.69) is 60.9 Å². The number of likely N-dealkylation sites (tertiary alicyclic amines) is 1. The lowest BCUT2D eigenvalue weighted by molar-refractivity contribution is -0.130. The molecule has 0 aliphatic carbocycles. The van der Waals surface area contributed by atoms with E-state index >= 15 is 0 Å². The fourth-order valence-electron chi connectivity index (χ4n) is 4.08. The molecule has 0 radical (unpaired) electrons. The Hall–Kier alpha value is -2.88. The maximum absolute atomic E-state index is 11.7. The first-order chi connectivity index (χ1) is 13.5. The van der Waals surface area contributed by atoms with Crippen molar-refractivity contribution in [3.63, 3.8) is 0 Å². The van der Waals surface area contributed by atoms with Crippen LogP contribution in [0.4, 0.5) is 0 Å². The van der Waals surface area contributed by atoms with Gasteiger partial charge >= 0.3 is 0 Å². The summed E-state index contributed by atoms with van der Waals surface area (Å²) in [4.78, 5) is 18.5. The third kappa shape index (κ3) is 3.47. The van der Waals surface area contributed by atoms with Crippen molar-refractivity contribution in [2.75, 3.05) is 13.1 Å². The number of imidazole rings is 1. The van der Waals surface area contributed by atoms with Crippen molar-refractivity contribution < 1.29 is 4.79 Å². The average molecular weight is 374 g/mol. The Morgan fingerprint density at radius 2 is 1.68 bits per heavy atom. The zero-order valence-corrected chi connectivity index (χ0v) is 16.9. The lowest BCUT2D eigenvalue weighted by atomic mass is 9.98. The number of amides is 1. The highest BCUT2D eigenvalue weighted by molar-refractivity contribution is 5.79. The number of aromatic nitrogens is 2. The van der Waals surface area contributed by atoms with Gasteiger partial charge in [0.2, 0.25) is 5.91 Å².